The average Bonchev–Trinajstić information content (AvgIpc) is 2.67. The first-order chi connectivity index (χ1) is 13.4. The number of aliphatic imine (C=N–C) groups is 1. The molecule has 1 aromatic heterocycles. The lowest BCUT2D eigenvalue weighted by Gasteiger charge is -2.32. The van der Waals surface area contributed by atoms with Crippen LogP contribution < -0.4 is 9.64 Å². The van der Waals surface area contributed by atoms with E-state index in [2.05, 4.69) is 15.0 Å². The summed E-state index contributed by atoms with van der Waals surface area (Å²) < 4.78 is 5.84. The van der Waals surface area contributed by atoms with Crippen LogP contribution in [0.2, 0.25) is 0 Å². The molecule has 2 aromatic rings. The van der Waals surface area contributed by atoms with E-state index >= 15 is 0 Å². The summed E-state index contributed by atoms with van der Waals surface area (Å²) >= 11 is 0. The topological polar surface area (TPSA) is 70.9 Å². The molecule has 1 saturated heterocycles. The number of anilines is 1. The van der Waals surface area contributed by atoms with Gasteiger partial charge in [-0.2, -0.15) is 0 Å². The standard InChI is InChI=1S/C21H27N5O2/c1-14(2)28-16-7-6-15(3)17(10-16)21(22-4)18-11-19(24-13-23-18)26-9-8-25(5)20(27)12-26/h6-7,10-11,13-14H,8-9,12H2,1-5H3/b22-21+. The summed E-state index contributed by atoms with van der Waals surface area (Å²) in [6, 6.07) is 7.89. The zero-order chi connectivity index (χ0) is 20.3. The van der Waals surface area contributed by atoms with Gasteiger partial charge in [-0.25, -0.2) is 9.97 Å². The zero-order valence-electron chi connectivity index (χ0n) is 17.1. The van der Waals surface area contributed by atoms with Crippen LogP contribution in [-0.4, -0.2) is 66.3 Å². The number of hydrogen-bond acceptors (Lipinski definition) is 6. The molecule has 1 aliphatic rings. The fourth-order valence-corrected chi connectivity index (χ4v) is 3.18. The predicted molar refractivity (Wildman–Crippen MR) is 110 cm³/mol. The Labute approximate surface area is 166 Å². The zero-order valence-corrected chi connectivity index (χ0v) is 17.1. The van der Waals surface area contributed by atoms with Crippen molar-refractivity contribution in [3.8, 4) is 5.75 Å². The van der Waals surface area contributed by atoms with Crippen LogP contribution in [0.1, 0.15) is 30.7 Å². The molecule has 1 aromatic carbocycles. The molecule has 1 amide bonds. The van der Waals surface area contributed by atoms with Gasteiger partial charge < -0.3 is 14.5 Å². The van der Waals surface area contributed by atoms with Gasteiger partial charge in [-0.05, 0) is 38.5 Å². The maximum absolute atomic E-state index is 12.0. The van der Waals surface area contributed by atoms with E-state index < -0.39 is 0 Å². The van der Waals surface area contributed by atoms with Crippen LogP contribution in [0.15, 0.2) is 35.6 Å². The molecule has 3 rings (SSSR count). The van der Waals surface area contributed by atoms with Crippen molar-refractivity contribution in [1.29, 1.82) is 0 Å². The number of rotatable bonds is 5. The summed E-state index contributed by atoms with van der Waals surface area (Å²) in [7, 11) is 3.58. The molecular weight excluding hydrogens is 354 g/mol. The van der Waals surface area contributed by atoms with Crippen molar-refractivity contribution in [3.05, 3.63) is 47.4 Å². The Balaban J connectivity index is 1.93. The smallest absolute Gasteiger partial charge is 0.241 e. The number of benzene rings is 1. The number of ether oxygens (including phenoxy) is 1. The van der Waals surface area contributed by atoms with Gasteiger partial charge in [-0.1, -0.05) is 6.07 Å². The van der Waals surface area contributed by atoms with Crippen molar-refractivity contribution < 1.29 is 9.53 Å². The highest BCUT2D eigenvalue weighted by atomic mass is 16.5. The maximum Gasteiger partial charge on any atom is 0.241 e. The van der Waals surface area contributed by atoms with Gasteiger partial charge >= 0.3 is 0 Å². The average molecular weight is 381 g/mol. The highest BCUT2D eigenvalue weighted by Crippen LogP contribution is 2.23. The van der Waals surface area contributed by atoms with Gasteiger partial charge in [-0.3, -0.25) is 9.79 Å². The molecule has 148 valence electrons. The summed E-state index contributed by atoms with van der Waals surface area (Å²) in [5.74, 6) is 1.63. The molecular formula is C21H27N5O2. The molecule has 0 aliphatic carbocycles. The Morgan fingerprint density at radius 1 is 1.21 bits per heavy atom. The van der Waals surface area contributed by atoms with Gasteiger partial charge in [0, 0.05) is 38.8 Å². The molecule has 1 fully saturated rings. The van der Waals surface area contributed by atoms with Crippen molar-refractivity contribution in [2.24, 2.45) is 4.99 Å². The number of carbonyl (C=O) groups excluding carboxylic acids is 1. The second-order valence-electron chi connectivity index (χ2n) is 7.21. The van der Waals surface area contributed by atoms with E-state index in [0.717, 1.165) is 40.6 Å². The minimum atomic E-state index is 0.0881. The van der Waals surface area contributed by atoms with Crippen LogP contribution in [0.4, 0.5) is 5.82 Å². The van der Waals surface area contributed by atoms with Crippen LogP contribution in [-0.2, 0) is 4.79 Å². The Hall–Kier alpha value is -2.96. The number of aromatic nitrogens is 2. The van der Waals surface area contributed by atoms with Gasteiger partial charge in [-0.15, -0.1) is 0 Å². The van der Waals surface area contributed by atoms with Gasteiger partial charge in [0.05, 0.1) is 24.1 Å². The Kier molecular flexibility index (Phi) is 5.92. The summed E-state index contributed by atoms with van der Waals surface area (Å²) in [4.78, 5) is 29.1. The lowest BCUT2D eigenvalue weighted by atomic mass is 10.0. The molecule has 0 saturated carbocycles. The molecule has 0 atom stereocenters. The van der Waals surface area contributed by atoms with Gasteiger partial charge in [0.25, 0.3) is 0 Å². The summed E-state index contributed by atoms with van der Waals surface area (Å²) in [5, 5.41) is 0. The Morgan fingerprint density at radius 3 is 2.68 bits per heavy atom. The summed E-state index contributed by atoms with van der Waals surface area (Å²) in [6.45, 7) is 7.79. The molecule has 28 heavy (non-hydrogen) atoms. The first kappa shape index (κ1) is 19.8. The number of aryl methyl sites for hydroxylation is 1. The number of nitrogens with zero attached hydrogens (tertiary/aromatic N) is 5. The van der Waals surface area contributed by atoms with E-state index in [9.17, 15) is 4.79 Å². The second kappa shape index (κ2) is 8.37. The van der Waals surface area contributed by atoms with E-state index in [1.807, 2.05) is 57.0 Å². The SMILES string of the molecule is C/N=C(/c1cc(N2CCN(C)C(=O)C2)ncn1)c1cc(OC(C)C)ccc1C. The quantitative estimate of drug-likeness (QED) is 0.744. The predicted octanol–water partition coefficient (Wildman–Crippen LogP) is 2.32. The lowest BCUT2D eigenvalue weighted by Crippen LogP contribution is -2.48. The molecule has 0 bridgehead atoms. The highest BCUT2D eigenvalue weighted by molar-refractivity contribution is 6.13. The van der Waals surface area contributed by atoms with Crippen LogP contribution in [0.5, 0.6) is 5.75 Å². The summed E-state index contributed by atoms with van der Waals surface area (Å²) in [6.07, 6.45) is 1.63. The molecule has 0 unspecified atom stereocenters. The van der Waals surface area contributed by atoms with Crippen molar-refractivity contribution in [2.45, 2.75) is 26.9 Å². The van der Waals surface area contributed by atoms with Crippen molar-refractivity contribution in [2.75, 3.05) is 38.6 Å². The monoisotopic (exact) mass is 381 g/mol. The molecule has 7 heteroatoms. The third-order valence-electron chi connectivity index (χ3n) is 4.74. The highest BCUT2D eigenvalue weighted by Gasteiger charge is 2.23. The first-order valence-corrected chi connectivity index (χ1v) is 9.45. The van der Waals surface area contributed by atoms with Gasteiger partial charge in [0.1, 0.15) is 17.9 Å². The van der Waals surface area contributed by atoms with Crippen LogP contribution in [0, 0.1) is 6.92 Å². The Bertz CT molecular complexity index is 894. The molecule has 2 heterocycles. The number of amides is 1. The number of carbonyl (C=O) groups is 1. The van der Waals surface area contributed by atoms with Crippen molar-refractivity contribution >= 4 is 17.4 Å². The minimum Gasteiger partial charge on any atom is -0.491 e. The van der Waals surface area contributed by atoms with Gasteiger partial charge in [0.15, 0.2) is 0 Å². The number of piperazine rings is 1. The lowest BCUT2D eigenvalue weighted by molar-refractivity contribution is -0.129. The maximum atomic E-state index is 12.0. The largest absolute Gasteiger partial charge is 0.491 e. The van der Waals surface area contributed by atoms with Crippen LogP contribution in [0.25, 0.3) is 0 Å². The van der Waals surface area contributed by atoms with E-state index in [1.54, 1.807) is 11.9 Å². The van der Waals surface area contributed by atoms with E-state index in [4.69, 9.17) is 4.74 Å². The summed E-state index contributed by atoms with van der Waals surface area (Å²) in [5.41, 5.74) is 3.56. The molecule has 0 radical (unpaired) electrons. The minimum absolute atomic E-state index is 0.0881. The van der Waals surface area contributed by atoms with Gasteiger partial charge in [0.2, 0.25) is 5.91 Å². The normalized spacial score (nSPS) is 15.4. The van der Waals surface area contributed by atoms with Crippen molar-refractivity contribution in [1.82, 2.24) is 14.9 Å². The molecule has 0 spiro atoms. The fraction of sp³-hybridized carbons (Fsp3) is 0.429. The van der Waals surface area contributed by atoms with E-state index in [0.29, 0.717) is 13.1 Å². The molecule has 7 nitrogen and oxygen atoms in total. The Morgan fingerprint density at radius 2 is 2.00 bits per heavy atom. The number of likely N-dealkylation sites (N-methyl/N-ethyl adjacent to an activating group) is 1. The van der Waals surface area contributed by atoms with Crippen LogP contribution in [0.3, 0.4) is 0 Å². The molecule has 0 N–H and O–H groups in total. The third-order valence-corrected chi connectivity index (χ3v) is 4.74. The van der Waals surface area contributed by atoms with Crippen LogP contribution >= 0.6 is 0 Å². The fourth-order valence-electron chi connectivity index (χ4n) is 3.18. The van der Waals surface area contributed by atoms with Crippen molar-refractivity contribution in [3.63, 3.8) is 0 Å². The van der Waals surface area contributed by atoms with E-state index in [-0.39, 0.29) is 12.0 Å². The second-order valence-corrected chi connectivity index (χ2v) is 7.21. The van der Waals surface area contributed by atoms with E-state index in [1.165, 1.54) is 6.33 Å². The molecule has 1 aliphatic heterocycles. The third kappa shape index (κ3) is 4.30. The first-order valence-electron chi connectivity index (χ1n) is 9.45. The number of hydrogen-bond donors (Lipinski definition) is 0.